The van der Waals surface area contributed by atoms with Crippen LogP contribution in [-0.2, 0) is 10.0 Å². The fourth-order valence-electron chi connectivity index (χ4n) is 1.52. The quantitative estimate of drug-likeness (QED) is 0.648. The first-order valence-electron chi connectivity index (χ1n) is 5.25. The number of rotatable bonds is 3. The Labute approximate surface area is 119 Å². The highest BCUT2D eigenvalue weighted by Gasteiger charge is 2.13. The standard InChI is InChI=1S/C11H11BrN4O2S/c1-7-10(12)11(15-6-14-7)8-2-4-9(5-3-8)19(17,18)16-13/h2-6,16H,13H2,1H3. The topological polar surface area (TPSA) is 98.0 Å². The first kappa shape index (κ1) is 14.1. The molecule has 3 N–H and O–H groups in total. The Kier molecular flexibility index (Phi) is 3.95. The van der Waals surface area contributed by atoms with Gasteiger partial charge in [0.1, 0.15) is 6.33 Å². The summed E-state index contributed by atoms with van der Waals surface area (Å²) in [7, 11) is -3.63. The summed E-state index contributed by atoms with van der Waals surface area (Å²) in [6.45, 7) is 1.85. The van der Waals surface area contributed by atoms with Crippen LogP contribution in [0.15, 0.2) is 40.0 Å². The van der Waals surface area contributed by atoms with E-state index in [4.69, 9.17) is 5.84 Å². The SMILES string of the molecule is Cc1ncnc(-c2ccc(S(=O)(=O)NN)cc2)c1Br. The highest BCUT2D eigenvalue weighted by molar-refractivity contribution is 9.10. The third-order valence-corrected chi connectivity index (χ3v) is 4.71. The van der Waals surface area contributed by atoms with Crippen molar-refractivity contribution in [2.75, 3.05) is 0 Å². The summed E-state index contributed by atoms with van der Waals surface area (Å²) in [5.74, 6) is 4.97. The highest BCUT2D eigenvalue weighted by atomic mass is 79.9. The maximum atomic E-state index is 11.5. The molecular weight excluding hydrogens is 332 g/mol. The van der Waals surface area contributed by atoms with Gasteiger partial charge in [0.05, 0.1) is 20.8 Å². The van der Waals surface area contributed by atoms with Crippen molar-refractivity contribution in [3.63, 3.8) is 0 Å². The van der Waals surface area contributed by atoms with E-state index in [9.17, 15) is 8.42 Å². The molecule has 19 heavy (non-hydrogen) atoms. The second-order valence-corrected chi connectivity index (χ2v) is 6.27. The van der Waals surface area contributed by atoms with Crippen LogP contribution in [0.1, 0.15) is 5.69 Å². The van der Waals surface area contributed by atoms with Crippen molar-refractivity contribution < 1.29 is 8.42 Å². The molecule has 8 heteroatoms. The van der Waals surface area contributed by atoms with Crippen molar-refractivity contribution in [1.29, 1.82) is 0 Å². The highest BCUT2D eigenvalue weighted by Crippen LogP contribution is 2.28. The predicted molar refractivity (Wildman–Crippen MR) is 74.4 cm³/mol. The zero-order valence-electron chi connectivity index (χ0n) is 9.96. The van der Waals surface area contributed by atoms with E-state index < -0.39 is 10.0 Å². The molecule has 0 atom stereocenters. The number of hydrogen-bond acceptors (Lipinski definition) is 5. The number of aryl methyl sites for hydroxylation is 1. The number of aromatic nitrogens is 2. The first-order valence-corrected chi connectivity index (χ1v) is 7.53. The van der Waals surface area contributed by atoms with Crippen LogP contribution in [0.2, 0.25) is 0 Å². The Morgan fingerprint density at radius 2 is 1.84 bits per heavy atom. The second kappa shape index (κ2) is 5.33. The molecule has 6 nitrogen and oxygen atoms in total. The Balaban J connectivity index is 2.47. The van der Waals surface area contributed by atoms with Gasteiger partial charge in [-0.1, -0.05) is 12.1 Å². The number of benzene rings is 1. The van der Waals surface area contributed by atoms with E-state index in [0.29, 0.717) is 5.69 Å². The monoisotopic (exact) mass is 342 g/mol. The average Bonchev–Trinajstić information content (AvgIpc) is 2.42. The number of nitrogens with zero attached hydrogens (tertiary/aromatic N) is 2. The zero-order valence-corrected chi connectivity index (χ0v) is 12.4. The van der Waals surface area contributed by atoms with Crippen LogP contribution in [0.25, 0.3) is 11.3 Å². The van der Waals surface area contributed by atoms with Gasteiger partial charge < -0.3 is 0 Å². The molecular formula is C11H11BrN4O2S. The third-order valence-electron chi connectivity index (χ3n) is 2.56. The molecule has 0 aliphatic heterocycles. The van der Waals surface area contributed by atoms with Crippen molar-refractivity contribution >= 4 is 26.0 Å². The van der Waals surface area contributed by atoms with Crippen molar-refractivity contribution in [2.24, 2.45) is 5.84 Å². The minimum absolute atomic E-state index is 0.0978. The summed E-state index contributed by atoms with van der Waals surface area (Å²) in [6.07, 6.45) is 1.46. The van der Waals surface area contributed by atoms with Crippen LogP contribution in [0, 0.1) is 6.92 Å². The molecule has 0 aliphatic rings. The summed E-state index contributed by atoms with van der Waals surface area (Å²) in [4.78, 5) is 10.1. The van der Waals surface area contributed by atoms with Gasteiger partial charge in [-0.2, -0.15) is 4.83 Å². The van der Waals surface area contributed by atoms with Gasteiger partial charge >= 0.3 is 0 Å². The van der Waals surface area contributed by atoms with E-state index in [1.165, 1.54) is 18.5 Å². The number of nitrogens with one attached hydrogen (secondary N) is 1. The van der Waals surface area contributed by atoms with Crippen LogP contribution in [0.4, 0.5) is 0 Å². The van der Waals surface area contributed by atoms with Crippen LogP contribution >= 0.6 is 15.9 Å². The molecule has 2 rings (SSSR count). The summed E-state index contributed by atoms with van der Waals surface area (Å²) >= 11 is 3.41. The van der Waals surface area contributed by atoms with Gasteiger partial charge in [-0.15, -0.1) is 0 Å². The van der Waals surface area contributed by atoms with Gasteiger partial charge in [0.2, 0.25) is 0 Å². The molecule has 2 aromatic rings. The lowest BCUT2D eigenvalue weighted by Gasteiger charge is -2.07. The minimum Gasteiger partial charge on any atom is -0.257 e. The van der Waals surface area contributed by atoms with Gasteiger partial charge in [-0.25, -0.2) is 18.4 Å². The van der Waals surface area contributed by atoms with Crippen LogP contribution in [0.5, 0.6) is 0 Å². The van der Waals surface area contributed by atoms with E-state index in [1.54, 1.807) is 17.0 Å². The Morgan fingerprint density at radius 1 is 1.21 bits per heavy atom. The molecule has 0 aliphatic carbocycles. The van der Waals surface area contributed by atoms with Gasteiger partial charge in [0, 0.05) is 5.56 Å². The summed E-state index contributed by atoms with van der Waals surface area (Å²) in [6, 6.07) is 6.26. The molecule has 1 aromatic carbocycles. The van der Waals surface area contributed by atoms with Crippen LogP contribution in [-0.4, -0.2) is 18.4 Å². The number of hydrogen-bond donors (Lipinski definition) is 2. The second-order valence-electron chi connectivity index (χ2n) is 3.77. The molecule has 0 fully saturated rings. The Bertz CT molecular complexity index is 701. The number of hydrazine groups is 1. The van der Waals surface area contributed by atoms with E-state index >= 15 is 0 Å². The van der Waals surface area contributed by atoms with Gasteiger partial charge in [-0.3, -0.25) is 5.84 Å². The largest absolute Gasteiger partial charge is 0.257 e. The molecule has 100 valence electrons. The smallest absolute Gasteiger partial charge is 0.253 e. The summed E-state index contributed by atoms with van der Waals surface area (Å²) < 4.78 is 23.8. The Hall–Kier alpha value is -1.35. The lowest BCUT2D eigenvalue weighted by Crippen LogP contribution is -2.30. The molecule has 0 bridgehead atoms. The number of sulfonamides is 1. The van der Waals surface area contributed by atoms with Gasteiger partial charge in [-0.05, 0) is 35.0 Å². The molecule has 1 heterocycles. The van der Waals surface area contributed by atoms with Crippen molar-refractivity contribution in [3.05, 3.63) is 40.8 Å². The third kappa shape index (κ3) is 2.81. The summed E-state index contributed by atoms with van der Waals surface area (Å²) in [5, 5.41) is 0. The van der Waals surface area contributed by atoms with Crippen molar-refractivity contribution in [3.8, 4) is 11.3 Å². The fraction of sp³-hybridized carbons (Fsp3) is 0.0909. The fourth-order valence-corrected chi connectivity index (χ4v) is 2.58. The summed E-state index contributed by atoms with van der Waals surface area (Å²) in [5.41, 5.74) is 2.30. The van der Waals surface area contributed by atoms with Crippen molar-refractivity contribution in [1.82, 2.24) is 14.8 Å². The Morgan fingerprint density at radius 3 is 2.42 bits per heavy atom. The predicted octanol–water partition coefficient (Wildman–Crippen LogP) is 1.37. The maximum absolute atomic E-state index is 11.5. The number of halogens is 1. The van der Waals surface area contributed by atoms with Gasteiger partial charge in [0.15, 0.2) is 0 Å². The van der Waals surface area contributed by atoms with Crippen LogP contribution in [0.3, 0.4) is 0 Å². The normalized spacial score (nSPS) is 11.5. The molecule has 0 amide bonds. The minimum atomic E-state index is -3.63. The molecule has 0 spiro atoms. The van der Waals surface area contributed by atoms with E-state index in [-0.39, 0.29) is 4.90 Å². The first-order chi connectivity index (χ1) is 8.95. The average molecular weight is 343 g/mol. The van der Waals surface area contributed by atoms with Gasteiger partial charge in [0.25, 0.3) is 10.0 Å². The molecule has 1 aromatic heterocycles. The van der Waals surface area contributed by atoms with E-state index in [2.05, 4.69) is 25.9 Å². The van der Waals surface area contributed by atoms with E-state index in [1.807, 2.05) is 6.92 Å². The van der Waals surface area contributed by atoms with E-state index in [0.717, 1.165) is 15.7 Å². The molecule has 0 saturated heterocycles. The number of nitrogens with two attached hydrogens (primary N) is 1. The lowest BCUT2D eigenvalue weighted by atomic mass is 10.1. The molecule has 0 radical (unpaired) electrons. The lowest BCUT2D eigenvalue weighted by molar-refractivity contribution is 0.584. The van der Waals surface area contributed by atoms with Crippen LogP contribution < -0.4 is 10.7 Å². The maximum Gasteiger partial charge on any atom is 0.253 e. The zero-order chi connectivity index (χ0) is 14.0. The van der Waals surface area contributed by atoms with Crippen molar-refractivity contribution in [2.45, 2.75) is 11.8 Å². The molecule has 0 unspecified atom stereocenters. The molecule has 0 saturated carbocycles.